The van der Waals surface area contributed by atoms with E-state index in [0.717, 1.165) is 0 Å². The van der Waals surface area contributed by atoms with Crippen LogP contribution in [0.3, 0.4) is 0 Å². The molecule has 0 aliphatic rings. The second kappa shape index (κ2) is 4.29. The molecular formula is C4H15N5OSi. The topological polar surface area (TPSA) is 133 Å². The maximum Gasteiger partial charge on any atom is 0.312 e. The standard InChI is InChI=1S/C4H15N5OSi/c5-4(10)9-2-1-3-11(6,7)8/h1-3,6-8H2,(H3,5,9,10). The zero-order valence-electron chi connectivity index (χ0n) is 6.34. The molecule has 0 saturated heterocycles. The smallest absolute Gasteiger partial charge is 0.312 e. The van der Waals surface area contributed by atoms with Gasteiger partial charge >= 0.3 is 6.03 Å². The van der Waals surface area contributed by atoms with Crippen molar-refractivity contribution in [2.75, 3.05) is 6.54 Å². The number of hydrogen-bond donors (Lipinski definition) is 5. The zero-order valence-corrected chi connectivity index (χ0v) is 7.34. The Kier molecular flexibility index (Phi) is 4.04. The predicted octanol–water partition coefficient (Wildman–Crippen LogP) is -2.14. The third-order valence-electron chi connectivity index (χ3n) is 1.09. The normalized spacial score (nSPS) is 11.2. The van der Waals surface area contributed by atoms with E-state index < -0.39 is 14.6 Å². The van der Waals surface area contributed by atoms with Crippen molar-refractivity contribution in [1.82, 2.24) is 5.32 Å². The third-order valence-corrected chi connectivity index (χ3v) is 2.31. The molecule has 6 nitrogen and oxygen atoms in total. The summed E-state index contributed by atoms with van der Waals surface area (Å²) in [4.78, 5) is 10.2. The van der Waals surface area contributed by atoms with Crippen LogP contribution in [0, 0.1) is 0 Å². The van der Waals surface area contributed by atoms with Gasteiger partial charge in [0.1, 0.15) is 0 Å². The number of carbonyl (C=O) groups excluding carboxylic acids is 1. The van der Waals surface area contributed by atoms with E-state index in [0.29, 0.717) is 19.0 Å². The van der Waals surface area contributed by atoms with E-state index in [1.165, 1.54) is 0 Å². The van der Waals surface area contributed by atoms with E-state index in [4.69, 9.17) is 21.9 Å². The van der Waals surface area contributed by atoms with Crippen LogP contribution in [-0.4, -0.2) is 21.1 Å². The molecule has 0 unspecified atom stereocenters. The van der Waals surface area contributed by atoms with Crippen LogP contribution in [0.5, 0.6) is 0 Å². The van der Waals surface area contributed by atoms with Crippen molar-refractivity contribution >= 4 is 14.6 Å². The monoisotopic (exact) mass is 177 g/mol. The number of amides is 2. The van der Waals surface area contributed by atoms with Crippen molar-refractivity contribution in [2.24, 2.45) is 21.9 Å². The minimum Gasteiger partial charge on any atom is -0.352 e. The number of rotatable bonds is 4. The highest BCUT2D eigenvalue weighted by atomic mass is 28.4. The van der Waals surface area contributed by atoms with Crippen molar-refractivity contribution < 1.29 is 4.79 Å². The van der Waals surface area contributed by atoms with Gasteiger partial charge in [-0.15, -0.1) is 0 Å². The van der Waals surface area contributed by atoms with E-state index in [1.54, 1.807) is 0 Å². The zero-order chi connectivity index (χ0) is 8.91. The first-order chi connectivity index (χ1) is 4.92. The van der Waals surface area contributed by atoms with Crippen molar-refractivity contribution in [2.45, 2.75) is 12.5 Å². The van der Waals surface area contributed by atoms with Crippen molar-refractivity contribution in [3.05, 3.63) is 0 Å². The molecule has 2 amide bonds. The Morgan fingerprint density at radius 2 is 1.91 bits per heavy atom. The molecular weight excluding hydrogens is 162 g/mol. The highest BCUT2D eigenvalue weighted by Gasteiger charge is 2.15. The van der Waals surface area contributed by atoms with Gasteiger partial charge < -0.3 is 27.2 Å². The van der Waals surface area contributed by atoms with Crippen LogP contribution in [0.2, 0.25) is 6.04 Å². The molecule has 0 spiro atoms. The fourth-order valence-corrected chi connectivity index (χ4v) is 1.40. The molecule has 0 heterocycles. The molecule has 0 aromatic carbocycles. The average molecular weight is 177 g/mol. The summed E-state index contributed by atoms with van der Waals surface area (Å²) in [5.74, 6) is 0. The van der Waals surface area contributed by atoms with Crippen molar-refractivity contribution in [3.8, 4) is 0 Å². The van der Waals surface area contributed by atoms with Gasteiger partial charge in [0.2, 0.25) is 0 Å². The van der Waals surface area contributed by atoms with Crippen LogP contribution in [0.1, 0.15) is 6.42 Å². The van der Waals surface area contributed by atoms with Crippen LogP contribution in [0.25, 0.3) is 0 Å². The molecule has 7 heteroatoms. The maximum atomic E-state index is 10.2. The molecule has 11 heavy (non-hydrogen) atoms. The van der Waals surface area contributed by atoms with Crippen LogP contribution in [0.15, 0.2) is 0 Å². The lowest BCUT2D eigenvalue weighted by atomic mass is 10.5. The van der Waals surface area contributed by atoms with E-state index in [1.807, 2.05) is 0 Å². The molecule has 0 aromatic rings. The van der Waals surface area contributed by atoms with Gasteiger partial charge in [-0.3, -0.25) is 0 Å². The Morgan fingerprint density at radius 1 is 1.36 bits per heavy atom. The fourth-order valence-electron chi connectivity index (χ4n) is 0.606. The molecule has 0 aliphatic heterocycles. The highest BCUT2D eigenvalue weighted by Crippen LogP contribution is 1.90. The van der Waals surface area contributed by atoms with Crippen molar-refractivity contribution in [1.29, 1.82) is 0 Å². The minimum atomic E-state index is -2.42. The Hall–Kier alpha value is -0.633. The molecule has 66 valence electrons. The summed E-state index contributed by atoms with van der Waals surface area (Å²) in [6.07, 6.45) is 0.679. The number of carbonyl (C=O) groups is 1. The molecule has 0 bridgehead atoms. The van der Waals surface area contributed by atoms with Crippen LogP contribution in [0.4, 0.5) is 4.79 Å². The lowest BCUT2D eigenvalue weighted by Gasteiger charge is -2.13. The number of nitrogens with one attached hydrogen (secondary N) is 1. The first kappa shape index (κ1) is 10.4. The fraction of sp³-hybridized carbons (Fsp3) is 0.750. The number of primary amides is 1. The van der Waals surface area contributed by atoms with E-state index in [2.05, 4.69) is 5.32 Å². The molecule has 0 fully saturated rings. The second-order valence-electron chi connectivity index (χ2n) is 2.51. The van der Waals surface area contributed by atoms with Crippen molar-refractivity contribution in [3.63, 3.8) is 0 Å². The van der Waals surface area contributed by atoms with Gasteiger partial charge in [0.25, 0.3) is 8.56 Å². The lowest BCUT2D eigenvalue weighted by molar-refractivity contribution is 0.249. The first-order valence-electron chi connectivity index (χ1n) is 3.32. The molecule has 0 rings (SSSR count). The Labute approximate surface area is 66.5 Å². The maximum absolute atomic E-state index is 10.2. The van der Waals surface area contributed by atoms with Gasteiger partial charge in [-0.05, 0) is 12.5 Å². The van der Waals surface area contributed by atoms with Gasteiger partial charge in [0.15, 0.2) is 0 Å². The molecule has 0 aliphatic carbocycles. The van der Waals surface area contributed by atoms with E-state index >= 15 is 0 Å². The van der Waals surface area contributed by atoms with E-state index in [-0.39, 0.29) is 0 Å². The number of urea groups is 1. The summed E-state index contributed by atoms with van der Waals surface area (Å²) < 4.78 is 0. The summed E-state index contributed by atoms with van der Waals surface area (Å²) >= 11 is 0. The summed E-state index contributed by atoms with van der Waals surface area (Å²) in [7, 11) is -2.42. The largest absolute Gasteiger partial charge is 0.352 e. The van der Waals surface area contributed by atoms with E-state index in [9.17, 15) is 4.79 Å². The SMILES string of the molecule is NC(=O)NCCC[Si](N)(N)N. The molecule has 0 aromatic heterocycles. The highest BCUT2D eigenvalue weighted by molar-refractivity contribution is 6.70. The molecule has 0 radical (unpaired) electrons. The molecule has 0 atom stereocenters. The predicted molar refractivity (Wildman–Crippen MR) is 45.3 cm³/mol. The average Bonchev–Trinajstić information content (AvgIpc) is 1.78. The van der Waals surface area contributed by atoms with Gasteiger partial charge in [-0.25, -0.2) is 4.79 Å². The minimum absolute atomic E-state index is 0.482. The van der Waals surface area contributed by atoms with Gasteiger partial charge in [-0.2, -0.15) is 0 Å². The quantitative estimate of drug-likeness (QED) is 0.247. The van der Waals surface area contributed by atoms with Crippen LogP contribution >= 0.6 is 0 Å². The molecule has 0 saturated carbocycles. The van der Waals surface area contributed by atoms with Gasteiger partial charge in [-0.1, -0.05) is 0 Å². The Bertz CT molecular complexity index is 133. The summed E-state index contributed by atoms with van der Waals surface area (Å²) in [6, 6.07) is 0.0381. The molecule has 9 N–H and O–H groups in total. The lowest BCUT2D eigenvalue weighted by Crippen LogP contribution is -2.64. The third kappa shape index (κ3) is 9.37. The first-order valence-corrected chi connectivity index (χ1v) is 5.76. The van der Waals surface area contributed by atoms with Crippen LogP contribution in [-0.2, 0) is 0 Å². The summed E-state index contributed by atoms with van der Waals surface area (Å²) in [5, 5.41) is 18.6. The van der Waals surface area contributed by atoms with Gasteiger partial charge in [0, 0.05) is 6.54 Å². The van der Waals surface area contributed by atoms with Gasteiger partial charge in [0.05, 0.1) is 0 Å². The number of nitrogens with two attached hydrogens (primary N) is 4. The van der Waals surface area contributed by atoms with Crippen LogP contribution < -0.4 is 27.2 Å². The second-order valence-corrected chi connectivity index (χ2v) is 5.23. The summed E-state index contributed by atoms with van der Waals surface area (Å²) in [5.41, 5.74) is 4.81. The Balaban J connectivity index is 3.22. The Morgan fingerprint density at radius 3 is 2.27 bits per heavy atom. The summed E-state index contributed by atoms with van der Waals surface area (Å²) in [6.45, 7) is 0.482. The number of hydrogen-bond acceptors (Lipinski definition) is 4.